The molecule has 0 aliphatic carbocycles. The van der Waals surface area contributed by atoms with Gasteiger partial charge in [-0.15, -0.1) is 0 Å². The topological polar surface area (TPSA) is 86.8 Å². The van der Waals surface area contributed by atoms with Gasteiger partial charge in [-0.1, -0.05) is 60.1 Å². The smallest absolute Gasteiger partial charge is 0.244 e. The van der Waals surface area contributed by atoms with Crippen molar-refractivity contribution in [2.75, 3.05) is 23.7 Å². The minimum Gasteiger partial charge on any atom is -0.354 e. The van der Waals surface area contributed by atoms with Crippen LogP contribution in [0.2, 0.25) is 0 Å². The van der Waals surface area contributed by atoms with Crippen molar-refractivity contribution in [1.82, 2.24) is 10.2 Å². The van der Waals surface area contributed by atoms with Gasteiger partial charge in [0.25, 0.3) is 0 Å². The Morgan fingerprint density at radius 1 is 1.03 bits per heavy atom. The average Bonchev–Trinajstić information content (AvgIpc) is 2.74. The molecule has 0 aliphatic rings. The molecule has 2 aromatic carbocycles. The van der Waals surface area contributed by atoms with E-state index in [9.17, 15) is 18.0 Å². The summed E-state index contributed by atoms with van der Waals surface area (Å²) in [6.07, 6.45) is 1.07. The molecule has 7 nitrogen and oxygen atoms in total. The van der Waals surface area contributed by atoms with Crippen LogP contribution in [0.25, 0.3) is 0 Å². The number of nitrogens with one attached hydrogen (secondary N) is 1. The van der Waals surface area contributed by atoms with E-state index in [0.717, 1.165) is 26.2 Å². The normalized spacial score (nSPS) is 12.3. The summed E-state index contributed by atoms with van der Waals surface area (Å²) in [6, 6.07) is 13.7. The quantitative estimate of drug-likeness (QED) is 0.500. The first-order valence-electron chi connectivity index (χ1n) is 10.7. The Morgan fingerprint density at radius 3 is 2.18 bits per heavy atom. The van der Waals surface area contributed by atoms with Gasteiger partial charge in [-0.2, -0.15) is 0 Å². The molecule has 180 valence electrons. The maximum atomic E-state index is 13.5. The van der Waals surface area contributed by atoms with Crippen LogP contribution in [0.15, 0.2) is 53.0 Å². The molecule has 2 amide bonds. The zero-order valence-corrected chi connectivity index (χ0v) is 22.1. The summed E-state index contributed by atoms with van der Waals surface area (Å²) in [7, 11) is -3.74. The third kappa shape index (κ3) is 7.85. The van der Waals surface area contributed by atoms with Crippen molar-refractivity contribution in [1.29, 1.82) is 0 Å². The van der Waals surface area contributed by atoms with Gasteiger partial charge in [0.15, 0.2) is 0 Å². The molecule has 0 spiro atoms. The maximum absolute atomic E-state index is 13.5. The van der Waals surface area contributed by atoms with Crippen LogP contribution in [-0.2, 0) is 26.2 Å². The zero-order valence-electron chi connectivity index (χ0n) is 19.7. The Bertz CT molecular complexity index is 1070. The van der Waals surface area contributed by atoms with Crippen molar-refractivity contribution in [3.63, 3.8) is 0 Å². The number of nitrogens with zero attached hydrogens (tertiary/aromatic N) is 2. The molecule has 9 heteroatoms. The molecule has 0 saturated carbocycles. The number of hydrogen-bond donors (Lipinski definition) is 1. The summed E-state index contributed by atoms with van der Waals surface area (Å²) in [5.41, 5.74) is 2.00. The molecule has 2 aromatic rings. The maximum Gasteiger partial charge on any atom is 0.244 e. The predicted octanol–water partition coefficient (Wildman–Crippen LogP) is 3.71. The number of sulfonamides is 1. The molecule has 0 radical (unpaired) electrons. The third-order valence-corrected chi connectivity index (χ3v) is 6.84. The minimum absolute atomic E-state index is 0.174. The molecule has 0 unspecified atom stereocenters. The van der Waals surface area contributed by atoms with Crippen LogP contribution in [0.4, 0.5) is 5.69 Å². The molecular formula is C24H32BrN3O4S. The van der Waals surface area contributed by atoms with E-state index in [1.807, 2.05) is 44.2 Å². The van der Waals surface area contributed by atoms with Gasteiger partial charge in [0, 0.05) is 17.6 Å². The Hall–Kier alpha value is -2.39. The lowest BCUT2D eigenvalue weighted by Crippen LogP contribution is -2.51. The fourth-order valence-electron chi connectivity index (χ4n) is 3.26. The minimum atomic E-state index is -3.74. The molecule has 1 N–H and O–H groups in total. The van der Waals surface area contributed by atoms with Gasteiger partial charge in [0.05, 0.1) is 11.9 Å². The van der Waals surface area contributed by atoms with Gasteiger partial charge in [0.2, 0.25) is 21.8 Å². The highest BCUT2D eigenvalue weighted by molar-refractivity contribution is 9.10. The standard InChI is InChI=1S/C24H32BrN3O4S/c1-17(2)14-26-24(30)19(4)27(15-20-10-12-21(25)13-11-20)23(29)16-28(33(5,31)32)22-9-7-6-8-18(22)3/h6-13,17,19H,14-16H2,1-5H3,(H,26,30)/t19-/m1/s1. The van der Waals surface area contributed by atoms with E-state index in [4.69, 9.17) is 0 Å². The number of aryl methyl sites for hydroxylation is 1. The molecule has 0 fully saturated rings. The summed E-state index contributed by atoms with van der Waals surface area (Å²) < 4.78 is 27.2. The van der Waals surface area contributed by atoms with Gasteiger partial charge in [0.1, 0.15) is 12.6 Å². The molecule has 0 aromatic heterocycles. The van der Waals surface area contributed by atoms with Gasteiger partial charge in [-0.05, 0) is 49.1 Å². The molecule has 0 bridgehead atoms. The van der Waals surface area contributed by atoms with Crippen molar-refractivity contribution in [2.24, 2.45) is 5.92 Å². The third-order valence-electron chi connectivity index (χ3n) is 5.18. The molecule has 33 heavy (non-hydrogen) atoms. The molecule has 1 atom stereocenters. The Labute approximate surface area is 205 Å². The Balaban J connectivity index is 2.36. The predicted molar refractivity (Wildman–Crippen MR) is 135 cm³/mol. The van der Waals surface area contributed by atoms with E-state index >= 15 is 0 Å². The monoisotopic (exact) mass is 537 g/mol. The summed E-state index contributed by atoms with van der Waals surface area (Å²) >= 11 is 3.40. The first-order valence-corrected chi connectivity index (χ1v) is 13.4. The number of carbonyl (C=O) groups is 2. The molecule has 0 aliphatic heterocycles. The number of carbonyl (C=O) groups excluding carboxylic acids is 2. The average molecular weight is 539 g/mol. The lowest BCUT2D eigenvalue weighted by Gasteiger charge is -2.32. The number of benzene rings is 2. The highest BCUT2D eigenvalue weighted by atomic mass is 79.9. The van der Waals surface area contributed by atoms with E-state index in [0.29, 0.717) is 12.2 Å². The first kappa shape index (κ1) is 26.9. The van der Waals surface area contributed by atoms with Gasteiger partial charge >= 0.3 is 0 Å². The SMILES string of the molecule is Cc1ccccc1N(CC(=O)N(Cc1ccc(Br)cc1)[C@H](C)C(=O)NCC(C)C)S(C)(=O)=O. The fourth-order valence-corrected chi connectivity index (χ4v) is 4.43. The number of halogens is 1. The molecule has 2 rings (SSSR count). The number of hydrogen-bond acceptors (Lipinski definition) is 4. The second kappa shape index (κ2) is 11.7. The second-order valence-electron chi connectivity index (χ2n) is 8.52. The lowest BCUT2D eigenvalue weighted by molar-refractivity contribution is -0.139. The van der Waals surface area contributed by atoms with E-state index in [1.54, 1.807) is 32.0 Å². The number of para-hydroxylation sites is 1. The van der Waals surface area contributed by atoms with E-state index in [2.05, 4.69) is 21.2 Å². The Morgan fingerprint density at radius 2 is 1.64 bits per heavy atom. The van der Waals surface area contributed by atoms with Gasteiger partial charge < -0.3 is 10.2 Å². The van der Waals surface area contributed by atoms with Crippen LogP contribution in [0, 0.1) is 12.8 Å². The Kier molecular flexibility index (Phi) is 9.48. The van der Waals surface area contributed by atoms with E-state index in [1.165, 1.54) is 4.90 Å². The van der Waals surface area contributed by atoms with Crippen molar-refractivity contribution in [3.8, 4) is 0 Å². The number of amides is 2. The first-order chi connectivity index (χ1) is 15.4. The summed E-state index contributed by atoms with van der Waals surface area (Å²) in [5, 5.41) is 2.86. The van der Waals surface area contributed by atoms with Crippen molar-refractivity contribution >= 4 is 43.5 Å². The van der Waals surface area contributed by atoms with Crippen molar-refractivity contribution < 1.29 is 18.0 Å². The molecule has 0 saturated heterocycles. The zero-order chi connectivity index (χ0) is 24.8. The van der Waals surface area contributed by atoms with Crippen LogP contribution < -0.4 is 9.62 Å². The number of rotatable bonds is 10. The summed E-state index contributed by atoms with van der Waals surface area (Å²) in [4.78, 5) is 27.7. The van der Waals surface area contributed by atoms with Crippen LogP contribution >= 0.6 is 15.9 Å². The van der Waals surface area contributed by atoms with Crippen molar-refractivity contribution in [2.45, 2.75) is 40.3 Å². The summed E-state index contributed by atoms with van der Waals surface area (Å²) in [5.74, 6) is -0.478. The van der Waals surface area contributed by atoms with Gasteiger partial charge in [-0.3, -0.25) is 13.9 Å². The number of anilines is 1. The largest absolute Gasteiger partial charge is 0.354 e. The van der Waals surface area contributed by atoms with Crippen LogP contribution in [-0.4, -0.2) is 50.5 Å². The van der Waals surface area contributed by atoms with Gasteiger partial charge in [-0.25, -0.2) is 8.42 Å². The fraction of sp³-hybridized carbons (Fsp3) is 0.417. The van der Waals surface area contributed by atoms with E-state index in [-0.39, 0.29) is 18.4 Å². The van der Waals surface area contributed by atoms with Crippen LogP contribution in [0.1, 0.15) is 31.9 Å². The molecule has 0 heterocycles. The summed E-state index contributed by atoms with van der Waals surface area (Å²) in [6.45, 7) is 7.69. The van der Waals surface area contributed by atoms with Crippen molar-refractivity contribution in [3.05, 3.63) is 64.1 Å². The highest BCUT2D eigenvalue weighted by Gasteiger charge is 2.30. The second-order valence-corrected chi connectivity index (χ2v) is 11.3. The van der Waals surface area contributed by atoms with Crippen LogP contribution in [0.5, 0.6) is 0 Å². The lowest BCUT2D eigenvalue weighted by atomic mass is 10.1. The molecular weight excluding hydrogens is 506 g/mol. The highest BCUT2D eigenvalue weighted by Crippen LogP contribution is 2.23. The van der Waals surface area contributed by atoms with E-state index < -0.39 is 28.5 Å². The van der Waals surface area contributed by atoms with Crippen LogP contribution in [0.3, 0.4) is 0 Å².